The van der Waals surface area contributed by atoms with Gasteiger partial charge in [0.1, 0.15) is 17.2 Å². The molecule has 0 bridgehead atoms. The van der Waals surface area contributed by atoms with E-state index < -0.39 is 0 Å². The molecule has 1 spiro atoms. The molecule has 172 valence electrons. The van der Waals surface area contributed by atoms with Crippen molar-refractivity contribution in [3.8, 4) is 5.75 Å². The molecule has 32 heavy (non-hydrogen) atoms. The maximum atomic E-state index is 13.9. The predicted molar refractivity (Wildman–Crippen MR) is 126 cm³/mol. The summed E-state index contributed by atoms with van der Waals surface area (Å²) in [6.07, 6.45) is 1.96. The number of thioether (sulfide) groups is 1. The number of likely N-dealkylation sites (tertiary alicyclic amines) is 1. The maximum Gasteiger partial charge on any atom is 0.253 e. The van der Waals surface area contributed by atoms with Crippen molar-refractivity contribution >= 4 is 17.7 Å². The zero-order valence-corrected chi connectivity index (χ0v) is 20.1. The molecule has 0 saturated carbocycles. The van der Waals surface area contributed by atoms with Gasteiger partial charge in [-0.2, -0.15) is 0 Å². The van der Waals surface area contributed by atoms with Crippen molar-refractivity contribution in [2.45, 2.75) is 74.9 Å². The zero-order valence-electron chi connectivity index (χ0n) is 19.3. The Labute approximate surface area is 194 Å². The molecule has 4 nitrogen and oxygen atoms in total. The van der Waals surface area contributed by atoms with Gasteiger partial charge in [0.05, 0.1) is 12.2 Å². The summed E-state index contributed by atoms with van der Waals surface area (Å²) < 4.78 is 26.5. The van der Waals surface area contributed by atoms with Gasteiger partial charge in [-0.1, -0.05) is 13.8 Å². The Morgan fingerprint density at radius 1 is 1.12 bits per heavy atom. The van der Waals surface area contributed by atoms with Crippen LogP contribution < -0.4 is 4.74 Å². The number of ether oxygens (including phenoxy) is 2. The second kappa shape index (κ2) is 9.44. The van der Waals surface area contributed by atoms with Gasteiger partial charge in [-0.25, -0.2) is 4.39 Å². The van der Waals surface area contributed by atoms with Crippen molar-refractivity contribution in [3.63, 3.8) is 0 Å². The van der Waals surface area contributed by atoms with E-state index in [0.29, 0.717) is 30.5 Å². The van der Waals surface area contributed by atoms with Gasteiger partial charge in [0.15, 0.2) is 0 Å². The van der Waals surface area contributed by atoms with E-state index in [1.807, 2.05) is 43.0 Å². The Kier molecular flexibility index (Phi) is 6.82. The van der Waals surface area contributed by atoms with Gasteiger partial charge in [0.25, 0.3) is 5.91 Å². The summed E-state index contributed by atoms with van der Waals surface area (Å²) in [5, 5.41) is 0.510. The van der Waals surface area contributed by atoms with Crippen molar-refractivity contribution in [2.24, 2.45) is 0 Å². The summed E-state index contributed by atoms with van der Waals surface area (Å²) in [6, 6.07) is 12.6. The van der Waals surface area contributed by atoms with E-state index in [1.165, 1.54) is 17.0 Å². The third-order valence-corrected chi connectivity index (χ3v) is 7.09. The number of benzene rings is 2. The summed E-state index contributed by atoms with van der Waals surface area (Å²) >= 11 is 1.79. The Balaban J connectivity index is 1.45. The third-order valence-electron chi connectivity index (χ3n) is 6.07. The fourth-order valence-corrected chi connectivity index (χ4v) is 5.43. The van der Waals surface area contributed by atoms with E-state index in [1.54, 1.807) is 17.8 Å². The quantitative estimate of drug-likeness (QED) is 0.498. The van der Waals surface area contributed by atoms with E-state index in [0.717, 1.165) is 24.0 Å². The first-order valence-corrected chi connectivity index (χ1v) is 12.3. The lowest BCUT2D eigenvalue weighted by Gasteiger charge is -2.47. The molecule has 0 aliphatic carbocycles. The minimum absolute atomic E-state index is 0.0322. The molecule has 1 saturated heterocycles. The largest absolute Gasteiger partial charge is 0.487 e. The van der Waals surface area contributed by atoms with Crippen molar-refractivity contribution in [1.29, 1.82) is 0 Å². The van der Waals surface area contributed by atoms with Gasteiger partial charge in [-0.3, -0.25) is 4.79 Å². The number of piperidine rings is 1. The number of rotatable bonds is 5. The molecule has 2 aromatic carbocycles. The van der Waals surface area contributed by atoms with Crippen LogP contribution in [0.4, 0.5) is 4.39 Å². The number of hydrogen-bond donors (Lipinski definition) is 0. The number of hydrogen-bond acceptors (Lipinski definition) is 4. The molecule has 0 aromatic heterocycles. The highest BCUT2D eigenvalue weighted by atomic mass is 32.2. The SMILES string of the molecule is CC(C)O[C@@H]1CC2(CCN(C(=O)c3ccc(SC(C)C)cc3)CC2)Oc2ccc(F)cc21. The minimum Gasteiger partial charge on any atom is -0.487 e. The number of carbonyl (C=O) groups is 1. The van der Waals surface area contributed by atoms with Gasteiger partial charge in [0.2, 0.25) is 0 Å². The third kappa shape index (κ3) is 5.12. The van der Waals surface area contributed by atoms with E-state index in [9.17, 15) is 9.18 Å². The number of nitrogens with zero attached hydrogens (tertiary/aromatic N) is 1. The summed E-state index contributed by atoms with van der Waals surface area (Å²) in [5.74, 6) is 0.481. The molecular formula is C26H32FNO3S. The molecular weight excluding hydrogens is 425 g/mol. The molecule has 4 rings (SSSR count). The average molecular weight is 458 g/mol. The Bertz CT molecular complexity index is 952. The first-order valence-electron chi connectivity index (χ1n) is 11.4. The number of amides is 1. The van der Waals surface area contributed by atoms with Crippen LogP contribution in [0.5, 0.6) is 5.75 Å². The molecule has 2 heterocycles. The topological polar surface area (TPSA) is 38.8 Å². The lowest BCUT2D eigenvalue weighted by Crippen LogP contribution is -2.52. The van der Waals surface area contributed by atoms with Crippen LogP contribution in [0.15, 0.2) is 47.4 Å². The second-order valence-electron chi connectivity index (χ2n) is 9.33. The van der Waals surface area contributed by atoms with E-state index in [4.69, 9.17) is 9.47 Å². The molecule has 6 heteroatoms. The molecule has 1 amide bonds. The fourth-order valence-electron chi connectivity index (χ4n) is 4.59. The van der Waals surface area contributed by atoms with Gasteiger partial charge in [-0.15, -0.1) is 11.8 Å². The van der Waals surface area contributed by atoms with Crippen LogP contribution in [0.1, 0.15) is 69.0 Å². The van der Waals surface area contributed by atoms with Crippen LogP contribution in [0.25, 0.3) is 0 Å². The van der Waals surface area contributed by atoms with Crippen LogP contribution in [-0.4, -0.2) is 40.9 Å². The number of fused-ring (bicyclic) bond motifs is 1. The van der Waals surface area contributed by atoms with Crippen LogP contribution in [-0.2, 0) is 4.74 Å². The molecule has 0 unspecified atom stereocenters. The van der Waals surface area contributed by atoms with Gasteiger partial charge < -0.3 is 14.4 Å². The van der Waals surface area contributed by atoms with Gasteiger partial charge in [0, 0.05) is 53.6 Å². The van der Waals surface area contributed by atoms with Crippen LogP contribution in [0.2, 0.25) is 0 Å². The lowest BCUT2D eigenvalue weighted by molar-refractivity contribution is -0.0873. The highest BCUT2D eigenvalue weighted by Gasteiger charge is 2.44. The first kappa shape index (κ1) is 23.1. The molecule has 1 fully saturated rings. The molecule has 0 radical (unpaired) electrons. The van der Waals surface area contributed by atoms with Crippen molar-refractivity contribution in [1.82, 2.24) is 4.90 Å². The van der Waals surface area contributed by atoms with E-state index in [-0.39, 0.29) is 29.5 Å². The minimum atomic E-state index is -0.390. The molecule has 2 aromatic rings. The normalized spacial score (nSPS) is 19.8. The van der Waals surface area contributed by atoms with E-state index in [2.05, 4.69) is 13.8 Å². The van der Waals surface area contributed by atoms with Crippen molar-refractivity contribution in [2.75, 3.05) is 13.1 Å². The first-order chi connectivity index (χ1) is 15.2. The van der Waals surface area contributed by atoms with Gasteiger partial charge in [-0.05, 0) is 56.3 Å². The van der Waals surface area contributed by atoms with Crippen LogP contribution in [0, 0.1) is 5.82 Å². The lowest BCUT2D eigenvalue weighted by atomic mass is 9.81. The van der Waals surface area contributed by atoms with Gasteiger partial charge >= 0.3 is 0 Å². The Hall–Kier alpha value is -2.05. The number of halogens is 1. The fraction of sp³-hybridized carbons (Fsp3) is 0.500. The monoisotopic (exact) mass is 457 g/mol. The summed E-state index contributed by atoms with van der Waals surface area (Å²) in [6.45, 7) is 9.57. The standard InChI is InChI=1S/C26H32FNO3S/c1-17(2)30-24-16-26(31-23-10-7-20(27)15-22(23)24)11-13-28(14-12-26)25(29)19-5-8-21(9-6-19)32-18(3)4/h5-10,15,17-18,24H,11-14,16H2,1-4H3/t24-/m1/s1. The highest BCUT2D eigenvalue weighted by Crippen LogP contribution is 2.46. The maximum absolute atomic E-state index is 13.9. The van der Waals surface area contributed by atoms with Crippen LogP contribution in [0.3, 0.4) is 0 Å². The second-order valence-corrected chi connectivity index (χ2v) is 11.0. The van der Waals surface area contributed by atoms with Crippen LogP contribution >= 0.6 is 11.8 Å². The average Bonchev–Trinajstić information content (AvgIpc) is 2.74. The molecule has 0 N–H and O–H groups in total. The molecule has 2 aliphatic heterocycles. The highest BCUT2D eigenvalue weighted by molar-refractivity contribution is 7.99. The molecule has 1 atom stereocenters. The summed E-state index contributed by atoms with van der Waals surface area (Å²) in [7, 11) is 0. The number of carbonyl (C=O) groups excluding carboxylic acids is 1. The molecule has 2 aliphatic rings. The predicted octanol–water partition coefficient (Wildman–Crippen LogP) is 6.25. The summed E-state index contributed by atoms with van der Waals surface area (Å²) in [4.78, 5) is 16.2. The smallest absolute Gasteiger partial charge is 0.253 e. The summed E-state index contributed by atoms with van der Waals surface area (Å²) in [5.41, 5.74) is 1.11. The Morgan fingerprint density at radius 2 is 1.81 bits per heavy atom. The van der Waals surface area contributed by atoms with E-state index >= 15 is 0 Å². The Morgan fingerprint density at radius 3 is 2.44 bits per heavy atom. The van der Waals surface area contributed by atoms with Crippen molar-refractivity contribution in [3.05, 3.63) is 59.4 Å². The zero-order chi connectivity index (χ0) is 22.9. The van der Waals surface area contributed by atoms with Crippen molar-refractivity contribution < 1.29 is 18.7 Å².